The first-order chi connectivity index (χ1) is 12.1. The molecule has 2 aromatic rings. The molecule has 3 fully saturated rings. The minimum Gasteiger partial charge on any atom is -0.373 e. The molecule has 3 aliphatic rings. The molecule has 0 N–H and O–H groups in total. The lowest BCUT2D eigenvalue weighted by atomic mass is 9.81. The molecule has 3 aliphatic heterocycles. The Morgan fingerprint density at radius 1 is 1.16 bits per heavy atom. The van der Waals surface area contributed by atoms with Gasteiger partial charge in [0.05, 0.1) is 30.6 Å². The standard InChI is InChI=1S/C17H15FN4O3/c18-10-3-1-2-9(6-10)7-21-8-19-17(20-21)22-15(23)13-11-4-5-12(25-11)14(13)16(22)24/h1-3,6,8,11-14H,4-5,7H2. The Balaban J connectivity index is 1.40. The molecule has 0 spiro atoms. The molecule has 1 aromatic carbocycles. The largest absolute Gasteiger partial charge is 0.373 e. The molecule has 0 aliphatic carbocycles. The molecule has 4 unspecified atom stereocenters. The Hall–Kier alpha value is -2.61. The smallest absolute Gasteiger partial charge is 0.258 e. The fourth-order valence-corrected chi connectivity index (χ4v) is 4.19. The molecular weight excluding hydrogens is 327 g/mol. The Bertz CT molecular complexity index is 854. The number of anilines is 1. The van der Waals surface area contributed by atoms with Gasteiger partial charge in [0.1, 0.15) is 12.1 Å². The quantitative estimate of drug-likeness (QED) is 0.782. The number of halogens is 1. The number of rotatable bonds is 3. The molecule has 8 heteroatoms. The highest BCUT2D eigenvalue weighted by Crippen LogP contribution is 2.48. The van der Waals surface area contributed by atoms with Crippen LogP contribution >= 0.6 is 0 Å². The van der Waals surface area contributed by atoms with Gasteiger partial charge in [-0.25, -0.2) is 14.0 Å². The number of aromatic nitrogens is 3. The predicted octanol–water partition coefficient (Wildman–Crippen LogP) is 1.13. The molecule has 4 atom stereocenters. The second-order valence-electron chi connectivity index (χ2n) is 6.73. The number of imide groups is 1. The fourth-order valence-electron chi connectivity index (χ4n) is 4.19. The summed E-state index contributed by atoms with van der Waals surface area (Å²) in [6, 6.07) is 6.17. The van der Waals surface area contributed by atoms with Crippen LogP contribution in [0.1, 0.15) is 18.4 Å². The van der Waals surface area contributed by atoms with E-state index in [0.717, 1.165) is 23.3 Å². The third-order valence-corrected chi connectivity index (χ3v) is 5.24. The number of amides is 2. The summed E-state index contributed by atoms with van der Waals surface area (Å²) in [5.41, 5.74) is 0.721. The molecule has 25 heavy (non-hydrogen) atoms. The van der Waals surface area contributed by atoms with Gasteiger partial charge in [0.15, 0.2) is 0 Å². The first kappa shape index (κ1) is 14.7. The molecule has 1 aromatic heterocycles. The summed E-state index contributed by atoms with van der Waals surface area (Å²) < 4.78 is 20.5. The molecule has 0 saturated carbocycles. The zero-order chi connectivity index (χ0) is 17.1. The molecule has 2 bridgehead atoms. The summed E-state index contributed by atoms with van der Waals surface area (Å²) in [5, 5.41) is 4.24. The van der Waals surface area contributed by atoms with Crippen LogP contribution in [0.5, 0.6) is 0 Å². The minimum absolute atomic E-state index is 0.0835. The van der Waals surface area contributed by atoms with Crippen LogP contribution in [0.4, 0.5) is 10.3 Å². The van der Waals surface area contributed by atoms with Gasteiger partial charge in [-0.2, -0.15) is 4.98 Å². The summed E-state index contributed by atoms with van der Waals surface area (Å²) in [4.78, 5) is 30.6. The second kappa shape index (κ2) is 5.19. The highest BCUT2D eigenvalue weighted by molar-refractivity contribution is 6.21. The van der Waals surface area contributed by atoms with E-state index in [1.165, 1.54) is 23.1 Å². The van der Waals surface area contributed by atoms with E-state index in [0.29, 0.717) is 6.54 Å². The summed E-state index contributed by atoms with van der Waals surface area (Å²) in [7, 11) is 0. The summed E-state index contributed by atoms with van der Waals surface area (Å²) in [5.74, 6) is -1.59. The highest BCUT2D eigenvalue weighted by atomic mass is 19.1. The number of nitrogens with zero attached hydrogens (tertiary/aromatic N) is 4. The van der Waals surface area contributed by atoms with Crippen molar-refractivity contribution in [2.75, 3.05) is 4.90 Å². The number of hydrogen-bond acceptors (Lipinski definition) is 5. The van der Waals surface area contributed by atoms with E-state index >= 15 is 0 Å². The average molecular weight is 342 g/mol. The maximum atomic E-state index is 13.3. The van der Waals surface area contributed by atoms with Gasteiger partial charge < -0.3 is 4.74 Å². The van der Waals surface area contributed by atoms with E-state index in [4.69, 9.17) is 4.74 Å². The van der Waals surface area contributed by atoms with E-state index in [2.05, 4.69) is 10.1 Å². The third-order valence-electron chi connectivity index (χ3n) is 5.24. The SMILES string of the molecule is O=C1C2C3CCC(O3)C2C(=O)N1c1ncn(Cc2cccc(F)c2)n1. The van der Waals surface area contributed by atoms with Crippen molar-refractivity contribution >= 4 is 17.8 Å². The maximum absolute atomic E-state index is 13.3. The van der Waals surface area contributed by atoms with Gasteiger partial charge in [-0.05, 0) is 30.5 Å². The Morgan fingerprint density at radius 3 is 2.56 bits per heavy atom. The van der Waals surface area contributed by atoms with Gasteiger partial charge >= 0.3 is 0 Å². The first-order valence-corrected chi connectivity index (χ1v) is 8.29. The summed E-state index contributed by atoms with van der Waals surface area (Å²) in [6.45, 7) is 0.308. The number of fused-ring (bicyclic) bond motifs is 5. The van der Waals surface area contributed by atoms with Gasteiger partial charge in [0.2, 0.25) is 11.8 Å². The zero-order valence-electron chi connectivity index (χ0n) is 13.2. The molecule has 4 heterocycles. The van der Waals surface area contributed by atoms with Crippen molar-refractivity contribution < 1.29 is 18.7 Å². The fraction of sp³-hybridized carbons (Fsp3) is 0.412. The summed E-state index contributed by atoms with van der Waals surface area (Å²) >= 11 is 0. The van der Waals surface area contributed by atoms with Gasteiger partial charge in [0.25, 0.3) is 5.95 Å². The van der Waals surface area contributed by atoms with E-state index in [1.54, 1.807) is 12.1 Å². The average Bonchev–Trinajstić information content (AvgIpc) is 3.33. The van der Waals surface area contributed by atoms with Crippen LogP contribution in [0.15, 0.2) is 30.6 Å². The molecule has 3 saturated heterocycles. The number of carbonyl (C=O) groups is 2. The number of carbonyl (C=O) groups excluding carboxylic acids is 2. The van der Waals surface area contributed by atoms with Crippen LogP contribution in [0.2, 0.25) is 0 Å². The molecular formula is C17H15FN4O3. The topological polar surface area (TPSA) is 77.3 Å². The van der Waals surface area contributed by atoms with Crippen molar-refractivity contribution in [1.29, 1.82) is 0 Å². The monoisotopic (exact) mass is 342 g/mol. The van der Waals surface area contributed by atoms with E-state index in [-0.39, 0.29) is 35.8 Å². The van der Waals surface area contributed by atoms with Gasteiger partial charge in [0, 0.05) is 0 Å². The van der Waals surface area contributed by atoms with E-state index in [9.17, 15) is 14.0 Å². The molecule has 7 nitrogen and oxygen atoms in total. The maximum Gasteiger partial charge on any atom is 0.258 e. The number of hydrogen-bond donors (Lipinski definition) is 0. The van der Waals surface area contributed by atoms with Crippen molar-refractivity contribution in [2.45, 2.75) is 31.6 Å². The lowest BCUT2D eigenvalue weighted by Gasteiger charge is -2.14. The predicted molar refractivity (Wildman–Crippen MR) is 82.9 cm³/mol. The molecule has 0 radical (unpaired) electrons. The van der Waals surface area contributed by atoms with Crippen LogP contribution in [0.25, 0.3) is 0 Å². The molecule has 128 valence electrons. The van der Waals surface area contributed by atoms with Crippen molar-refractivity contribution in [3.05, 3.63) is 42.0 Å². The van der Waals surface area contributed by atoms with Crippen LogP contribution < -0.4 is 4.90 Å². The zero-order valence-corrected chi connectivity index (χ0v) is 13.2. The van der Waals surface area contributed by atoms with Crippen LogP contribution in [0.3, 0.4) is 0 Å². The highest BCUT2D eigenvalue weighted by Gasteiger charge is 2.63. The van der Waals surface area contributed by atoms with Gasteiger partial charge in [-0.3, -0.25) is 9.59 Å². The summed E-state index contributed by atoms with van der Waals surface area (Å²) in [6.07, 6.45) is 2.76. The molecule has 2 amide bonds. The lowest BCUT2D eigenvalue weighted by Crippen LogP contribution is -2.35. The van der Waals surface area contributed by atoms with Crippen molar-refractivity contribution in [2.24, 2.45) is 11.8 Å². The van der Waals surface area contributed by atoms with Crippen LogP contribution in [-0.2, 0) is 20.9 Å². The number of benzene rings is 1. The van der Waals surface area contributed by atoms with E-state index < -0.39 is 11.8 Å². The minimum atomic E-state index is -0.401. The van der Waals surface area contributed by atoms with E-state index in [1.807, 2.05) is 0 Å². The van der Waals surface area contributed by atoms with Crippen molar-refractivity contribution in [3.8, 4) is 0 Å². The Kier molecular flexibility index (Phi) is 3.05. The molecule has 5 rings (SSSR count). The Morgan fingerprint density at radius 2 is 1.88 bits per heavy atom. The van der Waals surface area contributed by atoms with Crippen LogP contribution in [-0.4, -0.2) is 38.8 Å². The van der Waals surface area contributed by atoms with Gasteiger partial charge in [-0.15, -0.1) is 5.10 Å². The number of ether oxygens (including phenoxy) is 1. The lowest BCUT2D eigenvalue weighted by molar-refractivity contribution is -0.124. The normalized spacial score (nSPS) is 30.4. The van der Waals surface area contributed by atoms with Gasteiger partial charge in [-0.1, -0.05) is 12.1 Å². The van der Waals surface area contributed by atoms with Crippen molar-refractivity contribution in [1.82, 2.24) is 14.8 Å². The van der Waals surface area contributed by atoms with Crippen molar-refractivity contribution in [3.63, 3.8) is 0 Å². The third kappa shape index (κ3) is 2.13. The second-order valence-corrected chi connectivity index (χ2v) is 6.73. The first-order valence-electron chi connectivity index (χ1n) is 8.29. The Labute approximate surface area is 142 Å². The van der Waals surface area contributed by atoms with Crippen LogP contribution in [0, 0.1) is 17.7 Å².